The molecule has 1 aliphatic carbocycles. The van der Waals surface area contributed by atoms with Gasteiger partial charge in [0, 0.05) is 10.6 Å². The number of amides is 2. The number of nitrogen functional groups attached to an aromatic ring is 1. The van der Waals surface area contributed by atoms with Gasteiger partial charge in [-0.25, -0.2) is 0 Å². The van der Waals surface area contributed by atoms with Crippen LogP contribution in [0.3, 0.4) is 0 Å². The Kier molecular flexibility index (Phi) is 2.65. The van der Waals surface area contributed by atoms with Gasteiger partial charge in [-0.05, 0) is 54.5 Å². The summed E-state index contributed by atoms with van der Waals surface area (Å²) in [4.78, 5) is 28.0. The standard InChI is InChI=1S/C16H14N2O2S/c17-9-4-5-10-12(8-9)16(20)18(15(10)19)13-2-1-3-14-11(13)6-7-21-14/h4-8,13H,1-3,17H2. The van der Waals surface area contributed by atoms with Gasteiger partial charge in [-0.15, -0.1) is 11.3 Å². The molecule has 0 saturated heterocycles. The summed E-state index contributed by atoms with van der Waals surface area (Å²) >= 11 is 1.71. The quantitative estimate of drug-likeness (QED) is 0.650. The second kappa shape index (κ2) is 4.43. The Labute approximate surface area is 126 Å². The lowest BCUT2D eigenvalue weighted by atomic mass is 9.93. The highest BCUT2D eigenvalue weighted by Crippen LogP contribution is 2.41. The number of carbonyl (C=O) groups excluding carboxylic acids is 2. The van der Waals surface area contributed by atoms with E-state index in [-0.39, 0.29) is 17.9 Å². The number of nitrogens with two attached hydrogens (primary N) is 1. The molecule has 1 aromatic carbocycles. The number of rotatable bonds is 1. The van der Waals surface area contributed by atoms with Crippen LogP contribution in [0.1, 0.15) is 50.0 Å². The highest BCUT2D eigenvalue weighted by Gasteiger charge is 2.42. The average molecular weight is 298 g/mol. The maximum absolute atomic E-state index is 12.6. The van der Waals surface area contributed by atoms with Crippen molar-refractivity contribution in [3.05, 3.63) is 51.2 Å². The minimum atomic E-state index is -0.216. The van der Waals surface area contributed by atoms with E-state index in [1.165, 1.54) is 9.78 Å². The largest absolute Gasteiger partial charge is 0.399 e. The van der Waals surface area contributed by atoms with Crippen molar-refractivity contribution in [2.75, 3.05) is 5.73 Å². The molecule has 4 rings (SSSR count). The molecule has 106 valence electrons. The van der Waals surface area contributed by atoms with Gasteiger partial charge in [-0.1, -0.05) is 0 Å². The molecule has 0 spiro atoms. The fourth-order valence-corrected chi connectivity index (χ4v) is 4.27. The van der Waals surface area contributed by atoms with Crippen LogP contribution in [-0.4, -0.2) is 16.7 Å². The van der Waals surface area contributed by atoms with Crippen LogP contribution in [0.2, 0.25) is 0 Å². The fraction of sp³-hybridized carbons (Fsp3) is 0.250. The van der Waals surface area contributed by atoms with Crippen LogP contribution in [0.5, 0.6) is 0 Å². The zero-order valence-corrected chi connectivity index (χ0v) is 12.2. The Balaban J connectivity index is 1.79. The molecule has 5 heteroatoms. The van der Waals surface area contributed by atoms with Gasteiger partial charge < -0.3 is 5.73 Å². The molecule has 21 heavy (non-hydrogen) atoms. The number of thiophene rings is 1. The van der Waals surface area contributed by atoms with Crippen LogP contribution in [-0.2, 0) is 6.42 Å². The molecule has 1 aliphatic heterocycles. The third-order valence-corrected chi connectivity index (χ3v) is 5.27. The molecule has 1 aromatic heterocycles. The monoisotopic (exact) mass is 298 g/mol. The van der Waals surface area contributed by atoms with Gasteiger partial charge in [0.2, 0.25) is 0 Å². The van der Waals surface area contributed by atoms with Crippen LogP contribution in [0.25, 0.3) is 0 Å². The molecule has 0 radical (unpaired) electrons. The van der Waals surface area contributed by atoms with Crippen molar-refractivity contribution in [1.29, 1.82) is 0 Å². The zero-order valence-electron chi connectivity index (χ0n) is 11.3. The van der Waals surface area contributed by atoms with Crippen molar-refractivity contribution in [2.45, 2.75) is 25.3 Å². The molecule has 1 atom stereocenters. The highest BCUT2D eigenvalue weighted by atomic mass is 32.1. The molecule has 0 fully saturated rings. The normalized spacial score (nSPS) is 20.6. The second-order valence-electron chi connectivity index (χ2n) is 5.49. The van der Waals surface area contributed by atoms with Crippen LogP contribution in [0.15, 0.2) is 29.6 Å². The van der Waals surface area contributed by atoms with E-state index in [4.69, 9.17) is 5.73 Å². The minimum Gasteiger partial charge on any atom is -0.399 e. The van der Waals surface area contributed by atoms with E-state index in [9.17, 15) is 9.59 Å². The van der Waals surface area contributed by atoms with E-state index in [2.05, 4.69) is 0 Å². The fourth-order valence-electron chi connectivity index (χ4n) is 3.29. The number of fused-ring (bicyclic) bond motifs is 2. The van der Waals surface area contributed by atoms with Crippen molar-refractivity contribution in [1.82, 2.24) is 4.90 Å². The van der Waals surface area contributed by atoms with Gasteiger partial charge in [0.15, 0.2) is 0 Å². The Bertz CT molecular complexity index is 765. The van der Waals surface area contributed by atoms with E-state index >= 15 is 0 Å². The topological polar surface area (TPSA) is 63.4 Å². The van der Waals surface area contributed by atoms with Gasteiger partial charge in [0.1, 0.15) is 0 Å². The number of nitrogens with zero attached hydrogens (tertiary/aromatic N) is 1. The first-order valence-corrected chi connectivity index (χ1v) is 7.88. The molecule has 0 saturated carbocycles. The van der Waals surface area contributed by atoms with E-state index in [0.29, 0.717) is 16.8 Å². The SMILES string of the molecule is Nc1ccc2c(c1)C(=O)N(C1CCCc3sccc31)C2=O. The summed E-state index contributed by atoms with van der Waals surface area (Å²) in [6.07, 6.45) is 2.89. The summed E-state index contributed by atoms with van der Waals surface area (Å²) in [7, 11) is 0. The lowest BCUT2D eigenvalue weighted by molar-refractivity contribution is 0.0567. The van der Waals surface area contributed by atoms with Crippen molar-refractivity contribution in [2.24, 2.45) is 0 Å². The Morgan fingerprint density at radius 1 is 1.14 bits per heavy atom. The van der Waals surface area contributed by atoms with Crippen LogP contribution in [0, 0.1) is 0 Å². The first kappa shape index (κ1) is 12.6. The third kappa shape index (κ3) is 1.74. The maximum atomic E-state index is 12.6. The van der Waals surface area contributed by atoms with Gasteiger partial charge >= 0.3 is 0 Å². The number of imide groups is 1. The Morgan fingerprint density at radius 3 is 2.81 bits per heavy atom. The van der Waals surface area contributed by atoms with Crippen molar-refractivity contribution in [3.63, 3.8) is 0 Å². The van der Waals surface area contributed by atoms with E-state index in [0.717, 1.165) is 24.8 Å². The predicted octanol–water partition coefficient (Wildman–Crippen LogP) is 3.00. The van der Waals surface area contributed by atoms with E-state index < -0.39 is 0 Å². The summed E-state index contributed by atoms with van der Waals surface area (Å²) in [6, 6.07) is 6.84. The second-order valence-corrected chi connectivity index (χ2v) is 6.49. The van der Waals surface area contributed by atoms with Crippen molar-refractivity contribution < 1.29 is 9.59 Å². The van der Waals surface area contributed by atoms with Crippen LogP contribution in [0.4, 0.5) is 5.69 Å². The number of anilines is 1. The molecule has 2 N–H and O–H groups in total. The summed E-state index contributed by atoms with van der Waals surface area (Å²) in [5.41, 5.74) is 8.29. The summed E-state index contributed by atoms with van der Waals surface area (Å²) < 4.78 is 0. The molecule has 4 nitrogen and oxygen atoms in total. The Hall–Kier alpha value is -2.14. The van der Waals surface area contributed by atoms with Gasteiger partial charge in [0.05, 0.1) is 17.2 Å². The predicted molar refractivity (Wildman–Crippen MR) is 81.4 cm³/mol. The molecular weight excluding hydrogens is 284 g/mol. The lowest BCUT2D eigenvalue weighted by Crippen LogP contribution is -2.35. The third-order valence-electron chi connectivity index (χ3n) is 4.27. The summed E-state index contributed by atoms with van der Waals surface area (Å²) in [6.45, 7) is 0. The minimum absolute atomic E-state index is 0.131. The number of aryl methyl sites for hydroxylation is 1. The van der Waals surface area contributed by atoms with Crippen molar-refractivity contribution in [3.8, 4) is 0 Å². The molecule has 1 unspecified atom stereocenters. The number of hydrogen-bond donors (Lipinski definition) is 1. The molecule has 2 amide bonds. The molecule has 2 aromatic rings. The maximum Gasteiger partial charge on any atom is 0.262 e. The van der Waals surface area contributed by atoms with E-state index in [1.807, 2.05) is 11.4 Å². The lowest BCUT2D eigenvalue weighted by Gasteiger charge is -2.29. The van der Waals surface area contributed by atoms with E-state index in [1.54, 1.807) is 29.5 Å². The highest BCUT2D eigenvalue weighted by molar-refractivity contribution is 7.10. The van der Waals surface area contributed by atoms with Crippen molar-refractivity contribution >= 4 is 28.8 Å². The average Bonchev–Trinajstić information content (AvgIpc) is 3.04. The van der Waals surface area contributed by atoms with Gasteiger partial charge in [-0.2, -0.15) is 0 Å². The summed E-state index contributed by atoms with van der Waals surface area (Å²) in [5, 5.41) is 2.04. The van der Waals surface area contributed by atoms with Crippen LogP contribution < -0.4 is 5.73 Å². The first-order chi connectivity index (χ1) is 10.2. The van der Waals surface area contributed by atoms with Gasteiger partial charge in [-0.3, -0.25) is 14.5 Å². The van der Waals surface area contributed by atoms with Crippen LogP contribution >= 0.6 is 11.3 Å². The summed E-state index contributed by atoms with van der Waals surface area (Å²) in [5.74, 6) is -0.412. The molecule has 2 heterocycles. The molecule has 0 bridgehead atoms. The van der Waals surface area contributed by atoms with Gasteiger partial charge in [0.25, 0.3) is 11.8 Å². The Morgan fingerprint density at radius 2 is 1.95 bits per heavy atom. The number of carbonyl (C=O) groups is 2. The first-order valence-electron chi connectivity index (χ1n) is 7.00. The number of benzene rings is 1. The molecule has 2 aliphatic rings. The zero-order chi connectivity index (χ0) is 14.6. The smallest absolute Gasteiger partial charge is 0.262 e. The number of hydrogen-bond acceptors (Lipinski definition) is 4. The molecular formula is C16H14N2O2S.